The molecule has 26 heavy (non-hydrogen) atoms. The number of aromatic nitrogens is 2. The fraction of sp³-hybridized carbons (Fsp3) is 0. The van der Waals surface area contributed by atoms with E-state index in [0.717, 1.165) is 16.5 Å². The molecule has 0 amide bonds. The summed E-state index contributed by atoms with van der Waals surface area (Å²) in [5, 5.41) is 5.08. The number of hydrogen-bond acceptors (Lipinski definition) is 4. The number of nitrogens with one attached hydrogen (secondary N) is 1. The van der Waals surface area contributed by atoms with Gasteiger partial charge in [0.1, 0.15) is 5.82 Å². The molecule has 126 valence electrons. The van der Waals surface area contributed by atoms with E-state index < -0.39 is 0 Å². The fourth-order valence-corrected chi connectivity index (χ4v) is 2.63. The molecule has 0 aliphatic rings. The molecule has 0 spiro atoms. The van der Waals surface area contributed by atoms with Crippen LogP contribution in [0.3, 0.4) is 0 Å². The van der Waals surface area contributed by atoms with E-state index >= 15 is 0 Å². The molecule has 0 radical (unpaired) electrons. The first-order valence-electron chi connectivity index (χ1n) is 8.17. The first kappa shape index (κ1) is 15.9. The molecule has 1 heterocycles. The number of fused-ring (bicyclic) bond motifs is 1. The van der Waals surface area contributed by atoms with Gasteiger partial charge in [0.15, 0.2) is 11.6 Å². The molecule has 0 bridgehead atoms. The van der Waals surface area contributed by atoms with Gasteiger partial charge >= 0.3 is 0 Å². The van der Waals surface area contributed by atoms with Crippen LogP contribution in [0.2, 0.25) is 0 Å². The zero-order valence-electron chi connectivity index (χ0n) is 13.8. The summed E-state index contributed by atoms with van der Waals surface area (Å²) in [5.41, 5.74) is 5.00. The van der Waals surface area contributed by atoms with Gasteiger partial charge in [-0.15, -0.1) is 0 Å². The van der Waals surface area contributed by atoms with Gasteiger partial charge in [-0.05, 0) is 29.8 Å². The van der Waals surface area contributed by atoms with E-state index in [2.05, 4.69) is 20.5 Å². The SMILES string of the molecule is Fc1ccccc1-c1nc(NN=Cc2ccccc2)c2ccccc2n1. The van der Waals surface area contributed by atoms with Crippen molar-refractivity contribution in [1.82, 2.24) is 9.97 Å². The maximum atomic E-state index is 14.2. The summed E-state index contributed by atoms with van der Waals surface area (Å²) in [4.78, 5) is 8.98. The molecule has 1 N–H and O–H groups in total. The highest BCUT2D eigenvalue weighted by molar-refractivity contribution is 5.91. The number of hydrogen-bond donors (Lipinski definition) is 1. The van der Waals surface area contributed by atoms with Gasteiger partial charge in [-0.2, -0.15) is 5.10 Å². The van der Waals surface area contributed by atoms with Gasteiger partial charge in [0.2, 0.25) is 0 Å². The smallest absolute Gasteiger partial charge is 0.165 e. The van der Waals surface area contributed by atoms with Crippen LogP contribution in [-0.2, 0) is 0 Å². The van der Waals surface area contributed by atoms with E-state index in [0.29, 0.717) is 17.2 Å². The van der Waals surface area contributed by atoms with Crippen molar-refractivity contribution in [3.05, 3.63) is 90.2 Å². The fourth-order valence-electron chi connectivity index (χ4n) is 2.63. The van der Waals surface area contributed by atoms with Crippen molar-refractivity contribution in [3.63, 3.8) is 0 Å². The van der Waals surface area contributed by atoms with Crippen molar-refractivity contribution in [2.75, 3.05) is 5.43 Å². The van der Waals surface area contributed by atoms with Gasteiger partial charge in [0, 0.05) is 5.39 Å². The molecule has 3 aromatic carbocycles. The third-order valence-electron chi connectivity index (χ3n) is 3.90. The van der Waals surface area contributed by atoms with E-state index in [-0.39, 0.29) is 5.82 Å². The van der Waals surface area contributed by atoms with Gasteiger partial charge in [-0.25, -0.2) is 14.4 Å². The van der Waals surface area contributed by atoms with Crippen LogP contribution in [0, 0.1) is 5.82 Å². The molecule has 0 aliphatic carbocycles. The van der Waals surface area contributed by atoms with E-state index in [1.807, 2.05) is 54.6 Å². The normalized spacial score (nSPS) is 11.1. The Morgan fingerprint density at radius 1 is 0.808 bits per heavy atom. The standard InChI is InChI=1S/C21H15FN4/c22-18-12-6-4-10-16(18)20-24-19-13-7-5-11-17(19)21(25-20)26-23-14-15-8-2-1-3-9-15/h1-14H,(H,24,25,26). The van der Waals surface area contributed by atoms with Gasteiger partial charge in [-0.3, -0.25) is 5.43 Å². The molecule has 0 fully saturated rings. The zero-order valence-corrected chi connectivity index (χ0v) is 13.8. The lowest BCUT2D eigenvalue weighted by molar-refractivity contribution is 0.630. The number of halogens is 1. The molecular formula is C21H15FN4. The molecule has 0 unspecified atom stereocenters. The van der Waals surface area contributed by atoms with Gasteiger partial charge in [-0.1, -0.05) is 54.6 Å². The van der Waals surface area contributed by atoms with E-state index in [1.54, 1.807) is 24.4 Å². The average molecular weight is 342 g/mol. The molecule has 4 rings (SSSR count). The Hall–Kier alpha value is -3.60. The van der Waals surface area contributed by atoms with Crippen LogP contribution in [0.5, 0.6) is 0 Å². The highest BCUT2D eigenvalue weighted by Gasteiger charge is 2.11. The number of nitrogens with zero attached hydrogens (tertiary/aromatic N) is 3. The minimum Gasteiger partial charge on any atom is -0.261 e. The average Bonchev–Trinajstić information content (AvgIpc) is 2.69. The minimum atomic E-state index is -0.360. The van der Waals surface area contributed by atoms with Crippen LogP contribution in [0.4, 0.5) is 10.2 Å². The Labute approximate surface area is 150 Å². The summed E-state index contributed by atoms with van der Waals surface area (Å²) in [6.45, 7) is 0. The van der Waals surface area contributed by atoms with Gasteiger partial charge in [0.05, 0.1) is 17.3 Å². The summed E-state index contributed by atoms with van der Waals surface area (Å²) in [6.07, 6.45) is 1.71. The van der Waals surface area contributed by atoms with Crippen molar-refractivity contribution in [1.29, 1.82) is 0 Å². The van der Waals surface area contributed by atoms with Crippen LogP contribution in [0.25, 0.3) is 22.3 Å². The Kier molecular flexibility index (Phi) is 4.35. The monoisotopic (exact) mass is 342 g/mol. The lowest BCUT2D eigenvalue weighted by atomic mass is 10.1. The van der Waals surface area contributed by atoms with Crippen molar-refractivity contribution < 1.29 is 4.39 Å². The number of benzene rings is 3. The van der Waals surface area contributed by atoms with Crippen LogP contribution >= 0.6 is 0 Å². The van der Waals surface area contributed by atoms with Crippen molar-refractivity contribution in [2.24, 2.45) is 5.10 Å². The topological polar surface area (TPSA) is 50.2 Å². The molecule has 1 aromatic heterocycles. The second kappa shape index (κ2) is 7.11. The summed E-state index contributed by atoms with van der Waals surface area (Å²) in [7, 11) is 0. The maximum Gasteiger partial charge on any atom is 0.165 e. The highest BCUT2D eigenvalue weighted by atomic mass is 19.1. The first-order valence-corrected chi connectivity index (χ1v) is 8.17. The molecular weight excluding hydrogens is 327 g/mol. The Morgan fingerprint density at radius 3 is 2.38 bits per heavy atom. The van der Waals surface area contributed by atoms with Crippen LogP contribution in [0.15, 0.2) is 84.0 Å². The van der Waals surface area contributed by atoms with Crippen LogP contribution in [0.1, 0.15) is 5.56 Å². The predicted molar refractivity (Wildman–Crippen MR) is 103 cm³/mol. The third kappa shape index (κ3) is 3.28. The number of para-hydroxylation sites is 1. The minimum absolute atomic E-state index is 0.319. The number of anilines is 1. The zero-order chi connectivity index (χ0) is 17.8. The lowest BCUT2D eigenvalue weighted by Crippen LogP contribution is -2.00. The van der Waals surface area contributed by atoms with Crippen LogP contribution in [-0.4, -0.2) is 16.2 Å². The Bertz CT molecular complexity index is 1080. The molecule has 5 heteroatoms. The molecule has 0 saturated carbocycles. The van der Waals surface area contributed by atoms with Crippen LogP contribution < -0.4 is 5.43 Å². The largest absolute Gasteiger partial charge is 0.261 e. The second-order valence-electron chi connectivity index (χ2n) is 5.67. The second-order valence-corrected chi connectivity index (χ2v) is 5.67. The van der Waals surface area contributed by atoms with Gasteiger partial charge in [0.25, 0.3) is 0 Å². The van der Waals surface area contributed by atoms with Gasteiger partial charge < -0.3 is 0 Å². The lowest BCUT2D eigenvalue weighted by Gasteiger charge is -2.08. The highest BCUT2D eigenvalue weighted by Crippen LogP contribution is 2.26. The number of hydrazone groups is 1. The molecule has 0 saturated heterocycles. The van der Waals surface area contributed by atoms with Crippen molar-refractivity contribution in [2.45, 2.75) is 0 Å². The van der Waals surface area contributed by atoms with E-state index in [4.69, 9.17) is 0 Å². The van der Waals surface area contributed by atoms with Crippen molar-refractivity contribution in [3.8, 4) is 11.4 Å². The first-order chi connectivity index (χ1) is 12.8. The quantitative estimate of drug-likeness (QED) is 0.425. The molecule has 4 aromatic rings. The molecule has 4 nitrogen and oxygen atoms in total. The summed E-state index contributed by atoms with van der Waals surface area (Å²) in [5.74, 6) is 0.488. The van der Waals surface area contributed by atoms with E-state index in [1.165, 1.54) is 6.07 Å². The number of rotatable bonds is 4. The third-order valence-corrected chi connectivity index (χ3v) is 3.90. The molecule has 0 atom stereocenters. The van der Waals surface area contributed by atoms with E-state index in [9.17, 15) is 4.39 Å². The molecule has 0 aliphatic heterocycles. The maximum absolute atomic E-state index is 14.2. The Balaban J connectivity index is 1.75. The Morgan fingerprint density at radius 2 is 1.54 bits per heavy atom. The summed E-state index contributed by atoms with van der Waals surface area (Å²) in [6, 6.07) is 23.8. The van der Waals surface area contributed by atoms with Crippen molar-refractivity contribution >= 4 is 22.9 Å². The summed E-state index contributed by atoms with van der Waals surface area (Å²) >= 11 is 0. The predicted octanol–water partition coefficient (Wildman–Crippen LogP) is 4.88. The summed E-state index contributed by atoms with van der Waals surface area (Å²) < 4.78 is 14.2.